The minimum absolute atomic E-state index is 0.219. The van der Waals surface area contributed by atoms with Crippen LogP contribution >= 0.6 is 15.9 Å². The molecule has 152 valence electrons. The first-order valence-corrected chi connectivity index (χ1v) is 10.8. The summed E-state index contributed by atoms with van der Waals surface area (Å²) in [7, 11) is 0. The van der Waals surface area contributed by atoms with Gasteiger partial charge < -0.3 is 5.32 Å². The van der Waals surface area contributed by atoms with Crippen molar-refractivity contribution in [3.8, 4) is 0 Å². The van der Waals surface area contributed by atoms with Gasteiger partial charge in [0.05, 0.1) is 17.5 Å². The van der Waals surface area contributed by atoms with Gasteiger partial charge in [-0.05, 0) is 55.8 Å². The molecule has 8 heteroatoms. The number of imide groups is 1. The molecule has 0 radical (unpaired) electrons. The normalized spacial score (nSPS) is 32.0. The fourth-order valence-corrected chi connectivity index (χ4v) is 6.43. The van der Waals surface area contributed by atoms with Gasteiger partial charge in [0.15, 0.2) is 0 Å². The zero-order valence-corrected chi connectivity index (χ0v) is 17.4. The topological polar surface area (TPSA) is 69.7 Å². The van der Waals surface area contributed by atoms with Gasteiger partial charge in [-0.15, -0.1) is 0 Å². The summed E-state index contributed by atoms with van der Waals surface area (Å²) in [5.41, 5.74) is 0.0980. The van der Waals surface area contributed by atoms with Gasteiger partial charge in [-0.1, -0.05) is 22.0 Å². The second kappa shape index (κ2) is 5.98. The Morgan fingerprint density at radius 3 is 2.73 bits per heavy atom. The second-order valence-electron chi connectivity index (χ2n) is 8.31. The summed E-state index contributed by atoms with van der Waals surface area (Å²) < 4.78 is 15.0. The fourth-order valence-electron chi connectivity index (χ4n) is 6.04. The van der Waals surface area contributed by atoms with E-state index in [1.807, 2.05) is 11.0 Å². The fraction of sp³-hybridized carbons (Fsp3) is 0.318. The van der Waals surface area contributed by atoms with Crippen molar-refractivity contribution in [1.29, 1.82) is 0 Å². The monoisotopic (exact) mass is 469 g/mol. The highest BCUT2D eigenvalue weighted by molar-refractivity contribution is 9.10. The van der Waals surface area contributed by atoms with Crippen molar-refractivity contribution < 1.29 is 18.8 Å². The van der Waals surface area contributed by atoms with Crippen LogP contribution < -0.4 is 10.2 Å². The Kier molecular flexibility index (Phi) is 3.63. The summed E-state index contributed by atoms with van der Waals surface area (Å²) in [6.45, 7) is 0.596. The first-order chi connectivity index (χ1) is 14.4. The SMILES string of the molecule is O=C1[C@H]2[C@@H](C(=O)N1c1cccc(Br)c1)[C@]1(C(=O)Nc3ccc(F)cc31)N1CCC[C@@H]21. The number of carbonyl (C=O) groups is 3. The number of halogens is 2. The maximum absolute atomic E-state index is 14.2. The molecule has 3 saturated heterocycles. The van der Waals surface area contributed by atoms with Crippen molar-refractivity contribution in [2.75, 3.05) is 16.8 Å². The van der Waals surface area contributed by atoms with Crippen LogP contribution in [0.5, 0.6) is 0 Å². The Balaban J connectivity index is 1.57. The molecular weight excluding hydrogens is 453 g/mol. The predicted molar refractivity (Wildman–Crippen MR) is 110 cm³/mol. The molecule has 4 aliphatic rings. The van der Waals surface area contributed by atoms with Gasteiger partial charge in [0.2, 0.25) is 17.7 Å². The summed E-state index contributed by atoms with van der Waals surface area (Å²) in [5, 5.41) is 2.84. The summed E-state index contributed by atoms with van der Waals surface area (Å²) in [4.78, 5) is 43.9. The average Bonchev–Trinajstić information content (AvgIpc) is 3.40. The van der Waals surface area contributed by atoms with Gasteiger partial charge in [0.25, 0.3) is 0 Å². The molecule has 4 aliphatic heterocycles. The van der Waals surface area contributed by atoms with E-state index in [0.717, 1.165) is 17.3 Å². The van der Waals surface area contributed by atoms with Crippen LogP contribution in [-0.2, 0) is 19.9 Å². The Morgan fingerprint density at radius 2 is 1.93 bits per heavy atom. The molecular formula is C22H17BrFN3O3. The number of carbonyl (C=O) groups excluding carboxylic acids is 3. The number of nitrogens with zero attached hydrogens (tertiary/aromatic N) is 2. The Bertz CT molecular complexity index is 1150. The molecule has 30 heavy (non-hydrogen) atoms. The number of benzene rings is 2. The lowest BCUT2D eigenvalue weighted by atomic mass is 9.75. The van der Waals surface area contributed by atoms with Crippen LogP contribution in [0.25, 0.3) is 0 Å². The van der Waals surface area contributed by atoms with E-state index in [0.29, 0.717) is 23.5 Å². The van der Waals surface area contributed by atoms with Gasteiger partial charge >= 0.3 is 0 Å². The van der Waals surface area contributed by atoms with E-state index in [1.54, 1.807) is 18.2 Å². The van der Waals surface area contributed by atoms with Crippen LogP contribution in [0.4, 0.5) is 15.8 Å². The van der Waals surface area contributed by atoms with E-state index in [4.69, 9.17) is 0 Å². The van der Waals surface area contributed by atoms with Gasteiger partial charge in [-0.2, -0.15) is 0 Å². The van der Waals surface area contributed by atoms with E-state index < -0.39 is 29.1 Å². The minimum atomic E-state index is -1.35. The number of hydrogen-bond acceptors (Lipinski definition) is 4. The van der Waals surface area contributed by atoms with E-state index in [1.165, 1.54) is 23.1 Å². The number of anilines is 2. The van der Waals surface area contributed by atoms with Crippen molar-refractivity contribution in [3.05, 3.63) is 58.3 Å². The van der Waals surface area contributed by atoms with E-state index in [-0.39, 0.29) is 17.9 Å². The zero-order chi connectivity index (χ0) is 20.8. The van der Waals surface area contributed by atoms with E-state index >= 15 is 0 Å². The van der Waals surface area contributed by atoms with Crippen LogP contribution in [-0.4, -0.2) is 35.2 Å². The van der Waals surface area contributed by atoms with Crippen molar-refractivity contribution in [2.45, 2.75) is 24.4 Å². The number of fused-ring (bicyclic) bond motifs is 7. The van der Waals surface area contributed by atoms with Crippen LogP contribution in [0, 0.1) is 17.7 Å². The van der Waals surface area contributed by atoms with Crippen molar-refractivity contribution in [3.63, 3.8) is 0 Å². The molecule has 6 nitrogen and oxygen atoms in total. The van der Waals surface area contributed by atoms with Crippen LogP contribution in [0.1, 0.15) is 18.4 Å². The molecule has 0 aliphatic carbocycles. The van der Waals surface area contributed by atoms with Gasteiger partial charge in [0.1, 0.15) is 11.4 Å². The molecule has 4 atom stereocenters. The van der Waals surface area contributed by atoms with Crippen LogP contribution in [0.15, 0.2) is 46.9 Å². The molecule has 0 aromatic heterocycles. The van der Waals surface area contributed by atoms with Crippen molar-refractivity contribution in [1.82, 2.24) is 4.90 Å². The molecule has 1 N–H and O–H groups in total. The van der Waals surface area contributed by atoms with Crippen LogP contribution in [0.2, 0.25) is 0 Å². The number of rotatable bonds is 1. The highest BCUT2D eigenvalue weighted by Gasteiger charge is 2.74. The molecule has 1 spiro atoms. The summed E-state index contributed by atoms with van der Waals surface area (Å²) in [5.74, 6) is -3.00. The van der Waals surface area contributed by atoms with E-state index in [2.05, 4.69) is 21.2 Å². The quantitative estimate of drug-likeness (QED) is 0.651. The first kappa shape index (κ1) is 18.2. The highest BCUT2D eigenvalue weighted by atomic mass is 79.9. The lowest BCUT2D eigenvalue weighted by Crippen LogP contribution is -2.54. The molecule has 0 bridgehead atoms. The predicted octanol–water partition coefficient (Wildman–Crippen LogP) is 3.02. The summed E-state index contributed by atoms with van der Waals surface area (Å²) in [6.07, 6.45) is 1.55. The van der Waals surface area contributed by atoms with Gasteiger partial charge in [-0.25, -0.2) is 9.29 Å². The van der Waals surface area contributed by atoms with Gasteiger partial charge in [0, 0.05) is 21.8 Å². The molecule has 4 heterocycles. The maximum Gasteiger partial charge on any atom is 0.250 e. The molecule has 3 amide bonds. The number of amides is 3. The highest BCUT2D eigenvalue weighted by Crippen LogP contribution is 2.60. The third-order valence-electron chi connectivity index (χ3n) is 7.02. The van der Waals surface area contributed by atoms with Gasteiger partial charge in [-0.3, -0.25) is 19.3 Å². The minimum Gasteiger partial charge on any atom is -0.324 e. The van der Waals surface area contributed by atoms with Crippen molar-refractivity contribution >= 4 is 45.0 Å². The Morgan fingerprint density at radius 1 is 1.10 bits per heavy atom. The molecule has 0 saturated carbocycles. The van der Waals surface area contributed by atoms with E-state index in [9.17, 15) is 18.8 Å². The first-order valence-electron chi connectivity index (χ1n) is 9.96. The molecule has 2 aromatic carbocycles. The Hall–Kier alpha value is -2.58. The number of nitrogens with one attached hydrogen (secondary N) is 1. The second-order valence-corrected chi connectivity index (χ2v) is 9.22. The Labute approximate surface area is 180 Å². The van der Waals surface area contributed by atoms with Crippen molar-refractivity contribution in [2.24, 2.45) is 11.8 Å². The molecule has 0 unspecified atom stereocenters. The third kappa shape index (κ3) is 2.03. The number of hydrogen-bond donors (Lipinski definition) is 1. The standard InChI is InChI=1S/C22H17BrFN3O3/c23-11-3-1-4-13(9-11)27-19(28)17-16-5-2-8-26(16)22(18(17)20(27)29)14-10-12(24)6-7-15(14)25-21(22)30/h1,3-4,6-7,9-10,16-18H,2,5,8H2,(H,25,30)/t16-,17+,18-,22+/m0/s1. The maximum atomic E-state index is 14.2. The summed E-state index contributed by atoms with van der Waals surface area (Å²) in [6, 6.07) is 11.0. The molecule has 2 aromatic rings. The summed E-state index contributed by atoms with van der Waals surface area (Å²) >= 11 is 3.39. The lowest BCUT2D eigenvalue weighted by molar-refractivity contribution is -0.135. The van der Waals surface area contributed by atoms with Crippen LogP contribution in [0.3, 0.4) is 0 Å². The zero-order valence-electron chi connectivity index (χ0n) is 15.8. The molecule has 3 fully saturated rings. The smallest absolute Gasteiger partial charge is 0.250 e. The largest absolute Gasteiger partial charge is 0.324 e. The molecule has 6 rings (SSSR count). The average molecular weight is 470 g/mol. The lowest BCUT2D eigenvalue weighted by Gasteiger charge is -2.36. The third-order valence-corrected chi connectivity index (χ3v) is 7.51.